The topological polar surface area (TPSA) is 138 Å². The van der Waals surface area contributed by atoms with Crippen molar-refractivity contribution in [3.8, 4) is 0 Å². The largest absolute Gasteiger partial charge is 0.477 e. The number of H-pyrrole nitrogens is 1. The number of aromatic nitrogens is 2. The molecule has 2 rings (SSSR count). The summed E-state index contributed by atoms with van der Waals surface area (Å²) in [5.74, 6) is -2.28. The molecule has 0 unspecified atom stereocenters. The van der Waals surface area contributed by atoms with Crippen LogP contribution >= 0.6 is 11.6 Å². The number of benzene rings is 1. The Morgan fingerprint density at radius 3 is 2.76 bits per heavy atom. The van der Waals surface area contributed by atoms with Crippen LogP contribution in [0.5, 0.6) is 0 Å². The molecule has 0 aliphatic rings. The Hall–Kier alpha value is -2.94. The van der Waals surface area contributed by atoms with Crippen LogP contribution in [0.4, 0.5) is 11.4 Å². The zero-order chi connectivity index (χ0) is 15.6. The molecule has 9 nitrogen and oxygen atoms in total. The summed E-state index contributed by atoms with van der Waals surface area (Å²) >= 11 is 5.72. The number of hydrogen-bond acceptors (Lipinski definition) is 5. The van der Waals surface area contributed by atoms with Crippen molar-refractivity contribution in [3.05, 3.63) is 51.1 Å². The maximum atomic E-state index is 12.0. The molecule has 1 heterocycles. The summed E-state index contributed by atoms with van der Waals surface area (Å²) in [6.07, 6.45) is 1.03. The van der Waals surface area contributed by atoms with E-state index in [1.807, 2.05) is 0 Å². The van der Waals surface area contributed by atoms with Gasteiger partial charge in [0.1, 0.15) is 5.69 Å². The molecule has 0 fully saturated rings. The van der Waals surface area contributed by atoms with Gasteiger partial charge in [0.25, 0.3) is 11.6 Å². The number of carboxylic acids is 1. The van der Waals surface area contributed by atoms with E-state index in [0.29, 0.717) is 0 Å². The number of nitro groups is 1. The van der Waals surface area contributed by atoms with E-state index in [0.717, 1.165) is 12.4 Å². The van der Waals surface area contributed by atoms with Crippen LogP contribution in [0.25, 0.3) is 0 Å². The summed E-state index contributed by atoms with van der Waals surface area (Å²) in [6.45, 7) is 0. The first kappa shape index (κ1) is 14.5. The predicted molar refractivity (Wildman–Crippen MR) is 71.6 cm³/mol. The minimum Gasteiger partial charge on any atom is -0.477 e. The summed E-state index contributed by atoms with van der Waals surface area (Å²) in [7, 11) is 0. The molecular formula is C11H7ClN4O5. The Kier molecular flexibility index (Phi) is 3.85. The van der Waals surface area contributed by atoms with E-state index in [-0.39, 0.29) is 16.4 Å². The highest BCUT2D eigenvalue weighted by atomic mass is 35.5. The highest BCUT2D eigenvalue weighted by Crippen LogP contribution is 2.28. The van der Waals surface area contributed by atoms with Crippen LogP contribution < -0.4 is 5.32 Å². The fourth-order valence-electron chi connectivity index (χ4n) is 1.58. The number of carbonyl (C=O) groups excluding carboxylic acids is 1. The van der Waals surface area contributed by atoms with E-state index in [1.54, 1.807) is 0 Å². The van der Waals surface area contributed by atoms with Crippen molar-refractivity contribution in [1.29, 1.82) is 0 Å². The lowest BCUT2D eigenvalue weighted by molar-refractivity contribution is -0.383. The van der Waals surface area contributed by atoms with Gasteiger partial charge in [-0.05, 0) is 12.1 Å². The third kappa shape index (κ3) is 2.98. The molecule has 1 aromatic heterocycles. The van der Waals surface area contributed by atoms with E-state index >= 15 is 0 Å². The first-order valence-electron chi connectivity index (χ1n) is 5.42. The summed E-state index contributed by atoms with van der Waals surface area (Å²) in [5, 5.41) is 22.1. The van der Waals surface area contributed by atoms with E-state index < -0.39 is 28.2 Å². The van der Waals surface area contributed by atoms with Gasteiger partial charge in [0, 0.05) is 11.1 Å². The van der Waals surface area contributed by atoms with Crippen molar-refractivity contribution >= 4 is 34.9 Å². The lowest BCUT2D eigenvalue weighted by Gasteiger charge is -2.05. The Bertz CT molecular complexity index is 742. The average molecular weight is 311 g/mol. The molecule has 21 heavy (non-hydrogen) atoms. The van der Waals surface area contributed by atoms with Crippen molar-refractivity contribution in [2.75, 3.05) is 5.32 Å². The molecule has 0 bridgehead atoms. The third-order valence-electron chi connectivity index (χ3n) is 2.47. The zero-order valence-corrected chi connectivity index (χ0v) is 10.9. The molecule has 1 aromatic carbocycles. The molecule has 0 spiro atoms. The molecule has 0 atom stereocenters. The van der Waals surface area contributed by atoms with Gasteiger partial charge in [-0.15, -0.1) is 0 Å². The number of imidazole rings is 1. The zero-order valence-electron chi connectivity index (χ0n) is 10.2. The van der Waals surface area contributed by atoms with Crippen molar-refractivity contribution in [2.24, 2.45) is 0 Å². The number of anilines is 1. The molecule has 0 aliphatic heterocycles. The summed E-state index contributed by atoms with van der Waals surface area (Å²) in [4.78, 5) is 38.9. The summed E-state index contributed by atoms with van der Waals surface area (Å²) in [5.41, 5.74) is -1.34. The predicted octanol–water partition coefficient (Wildman–Crippen LogP) is 1.92. The number of carbonyl (C=O) groups is 2. The maximum absolute atomic E-state index is 12.0. The first-order valence-corrected chi connectivity index (χ1v) is 5.80. The van der Waals surface area contributed by atoms with Gasteiger partial charge in [0.2, 0.25) is 0 Å². The smallest absolute Gasteiger partial charge is 0.354 e. The van der Waals surface area contributed by atoms with Gasteiger partial charge in [0.05, 0.1) is 11.3 Å². The van der Waals surface area contributed by atoms with Gasteiger partial charge in [-0.1, -0.05) is 11.6 Å². The number of hydrogen-bond donors (Lipinski definition) is 3. The second kappa shape index (κ2) is 5.59. The highest BCUT2D eigenvalue weighted by molar-refractivity contribution is 6.31. The van der Waals surface area contributed by atoms with Crippen LogP contribution in [0.15, 0.2) is 24.5 Å². The number of amides is 1. The van der Waals surface area contributed by atoms with E-state index in [9.17, 15) is 19.7 Å². The van der Waals surface area contributed by atoms with Gasteiger partial charge >= 0.3 is 5.97 Å². The van der Waals surface area contributed by atoms with Gasteiger partial charge in [-0.3, -0.25) is 14.9 Å². The van der Waals surface area contributed by atoms with E-state index in [2.05, 4.69) is 15.3 Å². The molecule has 1 amide bonds. The molecule has 10 heteroatoms. The molecule has 3 N–H and O–H groups in total. The number of nitrogens with one attached hydrogen (secondary N) is 2. The number of carboxylic acid groups (broad SMARTS) is 1. The fraction of sp³-hybridized carbons (Fsp3) is 0. The Morgan fingerprint density at radius 2 is 2.14 bits per heavy atom. The van der Waals surface area contributed by atoms with Crippen LogP contribution in [0.1, 0.15) is 21.0 Å². The maximum Gasteiger partial charge on any atom is 0.354 e. The van der Waals surface area contributed by atoms with Gasteiger partial charge in [-0.2, -0.15) is 0 Å². The van der Waals surface area contributed by atoms with E-state index in [1.165, 1.54) is 12.1 Å². The molecule has 2 aromatic rings. The van der Waals surface area contributed by atoms with Gasteiger partial charge < -0.3 is 15.4 Å². The fourth-order valence-corrected chi connectivity index (χ4v) is 1.75. The van der Waals surface area contributed by atoms with Crippen molar-refractivity contribution in [2.45, 2.75) is 0 Å². The molecule has 108 valence electrons. The lowest BCUT2D eigenvalue weighted by Crippen LogP contribution is -2.17. The minimum absolute atomic E-state index is 0.156. The number of aromatic amines is 1. The monoisotopic (exact) mass is 310 g/mol. The quantitative estimate of drug-likeness (QED) is 0.582. The highest BCUT2D eigenvalue weighted by Gasteiger charge is 2.22. The Morgan fingerprint density at radius 1 is 1.43 bits per heavy atom. The van der Waals surface area contributed by atoms with Crippen molar-refractivity contribution < 1.29 is 19.6 Å². The van der Waals surface area contributed by atoms with Crippen molar-refractivity contribution in [1.82, 2.24) is 9.97 Å². The lowest BCUT2D eigenvalue weighted by atomic mass is 10.2. The van der Waals surface area contributed by atoms with E-state index in [4.69, 9.17) is 16.7 Å². The number of rotatable bonds is 4. The average Bonchev–Trinajstić information content (AvgIpc) is 2.87. The minimum atomic E-state index is -1.38. The standard InChI is InChI=1S/C11H7ClN4O5/c12-5-1-2-7(16(20)21)6(3-5)15-10(17)8-9(11(18)19)14-4-13-8/h1-4H,(H,13,14)(H,15,17)(H,18,19). The Balaban J connectivity index is 2.36. The third-order valence-corrected chi connectivity index (χ3v) is 2.71. The number of halogens is 1. The van der Waals surface area contributed by atoms with Crippen LogP contribution in [0.3, 0.4) is 0 Å². The number of aromatic carboxylic acids is 1. The van der Waals surface area contributed by atoms with Crippen molar-refractivity contribution in [3.63, 3.8) is 0 Å². The molecular weight excluding hydrogens is 304 g/mol. The Labute approximate surface area is 121 Å². The summed E-state index contributed by atoms with van der Waals surface area (Å²) < 4.78 is 0. The number of nitrogens with zero attached hydrogens (tertiary/aromatic N) is 2. The van der Waals surface area contributed by atoms with Gasteiger partial charge in [0.15, 0.2) is 11.4 Å². The van der Waals surface area contributed by atoms with Crippen LogP contribution in [-0.4, -0.2) is 31.9 Å². The molecule has 0 aliphatic carbocycles. The first-order chi connectivity index (χ1) is 9.90. The van der Waals surface area contributed by atoms with Gasteiger partial charge in [-0.25, -0.2) is 9.78 Å². The molecule has 0 saturated heterocycles. The second-order valence-corrected chi connectivity index (χ2v) is 4.24. The second-order valence-electron chi connectivity index (χ2n) is 3.80. The molecule has 0 radical (unpaired) electrons. The number of nitro benzene ring substituents is 1. The van der Waals surface area contributed by atoms with Crippen LogP contribution in [-0.2, 0) is 0 Å². The van der Waals surface area contributed by atoms with Crippen LogP contribution in [0.2, 0.25) is 5.02 Å². The normalized spacial score (nSPS) is 10.1. The molecule has 0 saturated carbocycles. The van der Waals surface area contributed by atoms with Crippen LogP contribution in [0, 0.1) is 10.1 Å². The SMILES string of the molecule is O=C(Nc1cc(Cl)ccc1[N+](=O)[O-])c1nc[nH]c1C(=O)O. The summed E-state index contributed by atoms with van der Waals surface area (Å²) in [6, 6.07) is 3.61.